The molecule has 2 rings (SSSR count). The molecule has 2 heterocycles. The van der Waals surface area contributed by atoms with Crippen LogP contribution in [-0.2, 0) is 17.8 Å². The Morgan fingerprint density at radius 1 is 1.38 bits per heavy atom. The fraction of sp³-hybridized carbons (Fsp3) is 0.667. The van der Waals surface area contributed by atoms with Crippen molar-refractivity contribution in [2.45, 2.75) is 13.1 Å². The Balaban J connectivity index is 1.89. The molecule has 1 fully saturated rings. The Bertz CT molecular complexity index is 305. The SMILES string of the molecule is COCCn1cccc1CN1CCNCC1. The molecule has 16 heavy (non-hydrogen) atoms. The highest BCUT2D eigenvalue weighted by molar-refractivity contribution is 5.07. The van der Waals surface area contributed by atoms with E-state index in [1.807, 2.05) is 0 Å². The van der Waals surface area contributed by atoms with Gasteiger partial charge < -0.3 is 14.6 Å². The Morgan fingerprint density at radius 2 is 2.19 bits per heavy atom. The Hall–Kier alpha value is -0.840. The van der Waals surface area contributed by atoms with Gasteiger partial charge in [0.05, 0.1) is 6.61 Å². The van der Waals surface area contributed by atoms with Gasteiger partial charge in [0.2, 0.25) is 0 Å². The zero-order valence-corrected chi connectivity index (χ0v) is 9.98. The van der Waals surface area contributed by atoms with Gasteiger partial charge in [0.1, 0.15) is 0 Å². The van der Waals surface area contributed by atoms with E-state index in [1.54, 1.807) is 7.11 Å². The van der Waals surface area contributed by atoms with E-state index in [4.69, 9.17) is 4.74 Å². The first kappa shape index (κ1) is 11.6. The lowest BCUT2D eigenvalue weighted by Gasteiger charge is -2.27. The maximum absolute atomic E-state index is 5.12. The number of methoxy groups -OCH3 is 1. The van der Waals surface area contributed by atoms with E-state index in [1.165, 1.54) is 5.69 Å². The highest BCUT2D eigenvalue weighted by Gasteiger charge is 2.11. The van der Waals surface area contributed by atoms with E-state index in [0.717, 1.165) is 45.9 Å². The molecule has 0 aromatic carbocycles. The van der Waals surface area contributed by atoms with Crippen molar-refractivity contribution in [2.75, 3.05) is 39.9 Å². The lowest BCUT2D eigenvalue weighted by atomic mass is 10.3. The van der Waals surface area contributed by atoms with E-state index in [2.05, 4.69) is 33.1 Å². The molecule has 4 heteroatoms. The van der Waals surface area contributed by atoms with Crippen molar-refractivity contribution in [3.05, 3.63) is 24.0 Å². The van der Waals surface area contributed by atoms with Gasteiger partial charge in [0.25, 0.3) is 0 Å². The van der Waals surface area contributed by atoms with Crippen LogP contribution in [0.25, 0.3) is 0 Å². The normalized spacial score (nSPS) is 17.8. The number of nitrogens with zero attached hydrogens (tertiary/aromatic N) is 2. The van der Waals surface area contributed by atoms with E-state index in [-0.39, 0.29) is 0 Å². The summed E-state index contributed by atoms with van der Waals surface area (Å²) in [5.41, 5.74) is 1.39. The van der Waals surface area contributed by atoms with Gasteiger partial charge in [-0.1, -0.05) is 0 Å². The highest BCUT2D eigenvalue weighted by Crippen LogP contribution is 2.07. The zero-order chi connectivity index (χ0) is 11.2. The number of aromatic nitrogens is 1. The number of hydrogen-bond donors (Lipinski definition) is 1. The van der Waals surface area contributed by atoms with Crippen molar-refractivity contribution >= 4 is 0 Å². The molecular formula is C12H21N3O. The zero-order valence-electron chi connectivity index (χ0n) is 9.98. The smallest absolute Gasteiger partial charge is 0.0641 e. The summed E-state index contributed by atoms with van der Waals surface area (Å²) in [6, 6.07) is 4.32. The van der Waals surface area contributed by atoms with Gasteiger partial charge >= 0.3 is 0 Å². The number of hydrogen-bond acceptors (Lipinski definition) is 3. The maximum Gasteiger partial charge on any atom is 0.0641 e. The highest BCUT2D eigenvalue weighted by atomic mass is 16.5. The molecule has 1 saturated heterocycles. The quantitative estimate of drug-likeness (QED) is 0.790. The molecule has 4 nitrogen and oxygen atoms in total. The van der Waals surface area contributed by atoms with Crippen molar-refractivity contribution in [2.24, 2.45) is 0 Å². The first-order chi connectivity index (χ1) is 7.90. The fourth-order valence-corrected chi connectivity index (χ4v) is 2.10. The summed E-state index contributed by atoms with van der Waals surface area (Å²) in [5, 5.41) is 3.37. The largest absolute Gasteiger partial charge is 0.383 e. The molecule has 0 atom stereocenters. The van der Waals surface area contributed by atoms with E-state index >= 15 is 0 Å². The first-order valence-corrected chi connectivity index (χ1v) is 5.96. The van der Waals surface area contributed by atoms with E-state index in [9.17, 15) is 0 Å². The molecule has 1 aliphatic rings. The van der Waals surface area contributed by atoms with Crippen molar-refractivity contribution < 1.29 is 4.74 Å². The molecule has 0 spiro atoms. The molecular weight excluding hydrogens is 202 g/mol. The minimum atomic E-state index is 0.781. The number of nitrogens with one attached hydrogen (secondary N) is 1. The standard InChI is InChI=1S/C12H21N3O/c1-16-10-9-15-6-2-3-12(15)11-14-7-4-13-5-8-14/h2-3,6,13H,4-5,7-11H2,1H3. The summed E-state index contributed by atoms with van der Waals surface area (Å²) in [7, 11) is 1.75. The van der Waals surface area contributed by atoms with E-state index < -0.39 is 0 Å². The molecule has 1 aromatic rings. The first-order valence-electron chi connectivity index (χ1n) is 5.96. The Kier molecular flexibility index (Phi) is 4.39. The minimum absolute atomic E-state index is 0.781. The topological polar surface area (TPSA) is 29.4 Å². The number of piperazine rings is 1. The van der Waals surface area contributed by atoms with Crippen LogP contribution in [0.3, 0.4) is 0 Å². The molecule has 0 radical (unpaired) electrons. The van der Waals surface area contributed by atoms with Gasteiger partial charge in [0, 0.05) is 58.3 Å². The fourth-order valence-electron chi connectivity index (χ4n) is 2.10. The van der Waals surface area contributed by atoms with Gasteiger partial charge in [-0.3, -0.25) is 4.90 Å². The predicted molar refractivity (Wildman–Crippen MR) is 64.5 cm³/mol. The number of ether oxygens (including phenoxy) is 1. The van der Waals surface area contributed by atoms with Crippen LogP contribution in [-0.4, -0.2) is 49.4 Å². The summed E-state index contributed by atoms with van der Waals surface area (Å²) in [6.07, 6.45) is 2.14. The average molecular weight is 223 g/mol. The lowest BCUT2D eigenvalue weighted by Crippen LogP contribution is -2.43. The molecule has 1 N–H and O–H groups in total. The van der Waals surface area contributed by atoms with Gasteiger partial charge in [-0.2, -0.15) is 0 Å². The van der Waals surface area contributed by atoms with Crippen molar-refractivity contribution in [1.29, 1.82) is 0 Å². The second-order valence-corrected chi connectivity index (χ2v) is 4.21. The Morgan fingerprint density at radius 3 is 2.94 bits per heavy atom. The molecule has 90 valence electrons. The predicted octanol–water partition coefficient (Wildman–Crippen LogP) is 0.540. The van der Waals surface area contributed by atoms with E-state index in [0.29, 0.717) is 0 Å². The van der Waals surface area contributed by atoms with Crippen LogP contribution in [0.1, 0.15) is 5.69 Å². The summed E-state index contributed by atoms with van der Waals surface area (Å²) in [5.74, 6) is 0. The van der Waals surface area contributed by atoms with Crippen LogP contribution >= 0.6 is 0 Å². The van der Waals surface area contributed by atoms with Crippen LogP contribution < -0.4 is 5.32 Å². The molecule has 0 saturated carbocycles. The third-order valence-corrected chi connectivity index (χ3v) is 3.06. The van der Waals surface area contributed by atoms with Crippen molar-refractivity contribution in [3.8, 4) is 0 Å². The van der Waals surface area contributed by atoms with Crippen LogP contribution in [0.5, 0.6) is 0 Å². The molecule has 1 aromatic heterocycles. The minimum Gasteiger partial charge on any atom is -0.383 e. The van der Waals surface area contributed by atoms with Gasteiger partial charge in [-0.25, -0.2) is 0 Å². The van der Waals surface area contributed by atoms with Gasteiger partial charge in [0.15, 0.2) is 0 Å². The molecule has 0 bridgehead atoms. The maximum atomic E-state index is 5.12. The summed E-state index contributed by atoms with van der Waals surface area (Å²) in [6.45, 7) is 7.30. The molecule has 0 aliphatic carbocycles. The van der Waals surface area contributed by atoms with Gasteiger partial charge in [-0.05, 0) is 12.1 Å². The summed E-state index contributed by atoms with van der Waals surface area (Å²) in [4.78, 5) is 2.50. The summed E-state index contributed by atoms with van der Waals surface area (Å²) < 4.78 is 7.40. The summed E-state index contributed by atoms with van der Waals surface area (Å²) >= 11 is 0. The van der Waals surface area contributed by atoms with Gasteiger partial charge in [-0.15, -0.1) is 0 Å². The Labute approximate surface area is 97.2 Å². The molecule has 1 aliphatic heterocycles. The molecule has 0 unspecified atom stereocenters. The van der Waals surface area contributed by atoms with Crippen LogP contribution in [0.2, 0.25) is 0 Å². The van der Waals surface area contributed by atoms with Crippen LogP contribution in [0.4, 0.5) is 0 Å². The van der Waals surface area contributed by atoms with Crippen molar-refractivity contribution in [3.63, 3.8) is 0 Å². The third-order valence-electron chi connectivity index (χ3n) is 3.06. The monoisotopic (exact) mass is 223 g/mol. The van der Waals surface area contributed by atoms with Crippen LogP contribution in [0, 0.1) is 0 Å². The lowest BCUT2D eigenvalue weighted by molar-refractivity contribution is 0.182. The second-order valence-electron chi connectivity index (χ2n) is 4.21. The third kappa shape index (κ3) is 3.07. The molecule has 0 amide bonds. The van der Waals surface area contributed by atoms with Crippen LogP contribution in [0.15, 0.2) is 18.3 Å². The second kappa shape index (κ2) is 6.03. The van der Waals surface area contributed by atoms with Crippen molar-refractivity contribution in [1.82, 2.24) is 14.8 Å². The number of rotatable bonds is 5. The average Bonchev–Trinajstić information content (AvgIpc) is 2.75.